The molecule has 0 aliphatic rings. The lowest BCUT2D eigenvalue weighted by molar-refractivity contribution is -0.119. The SMILES string of the molecule is CN(C)c1ccc(N([C@H](CC(C)(C)F)C(N)=O)S(=O)(=O)c2ccc(Cl)cc2)cn1. The second-order valence-corrected chi connectivity index (χ2v) is 9.62. The number of alkyl halides is 1. The molecule has 2 aromatic rings. The first-order valence-corrected chi connectivity index (χ1v) is 10.6. The molecule has 0 bridgehead atoms. The first kappa shape index (κ1) is 22.9. The average molecular weight is 443 g/mol. The Kier molecular flexibility index (Phi) is 6.74. The van der Waals surface area contributed by atoms with Crippen molar-refractivity contribution in [1.82, 2.24) is 4.98 Å². The minimum atomic E-state index is -4.27. The van der Waals surface area contributed by atoms with Crippen molar-refractivity contribution in [2.24, 2.45) is 5.73 Å². The Morgan fingerprint density at radius 3 is 2.21 bits per heavy atom. The van der Waals surface area contributed by atoms with Crippen LogP contribution in [0.3, 0.4) is 0 Å². The number of halogens is 2. The molecule has 29 heavy (non-hydrogen) atoms. The van der Waals surface area contributed by atoms with Crippen molar-refractivity contribution in [3.8, 4) is 0 Å². The van der Waals surface area contributed by atoms with Crippen molar-refractivity contribution >= 4 is 39.0 Å². The monoisotopic (exact) mass is 442 g/mol. The predicted octanol–water partition coefficient (Wildman–Crippen LogP) is 2.99. The van der Waals surface area contributed by atoms with Crippen molar-refractivity contribution in [3.63, 3.8) is 0 Å². The molecule has 0 unspecified atom stereocenters. The highest BCUT2D eigenvalue weighted by atomic mass is 35.5. The third kappa shape index (κ3) is 5.57. The van der Waals surface area contributed by atoms with Gasteiger partial charge < -0.3 is 10.6 Å². The molecular weight excluding hydrogens is 419 g/mol. The molecule has 2 N–H and O–H groups in total. The van der Waals surface area contributed by atoms with E-state index in [9.17, 15) is 17.6 Å². The molecule has 1 aromatic carbocycles. The molecule has 1 atom stereocenters. The lowest BCUT2D eigenvalue weighted by Crippen LogP contribution is -2.50. The number of hydrogen-bond donors (Lipinski definition) is 1. The van der Waals surface area contributed by atoms with Crippen LogP contribution in [0, 0.1) is 0 Å². The van der Waals surface area contributed by atoms with E-state index in [1.54, 1.807) is 25.1 Å². The number of nitrogens with two attached hydrogens (primary N) is 1. The number of sulfonamides is 1. The Morgan fingerprint density at radius 2 is 1.79 bits per heavy atom. The summed E-state index contributed by atoms with van der Waals surface area (Å²) in [5.41, 5.74) is 3.75. The molecule has 158 valence electrons. The minimum absolute atomic E-state index is 0.0959. The zero-order valence-electron chi connectivity index (χ0n) is 16.6. The highest BCUT2D eigenvalue weighted by molar-refractivity contribution is 7.93. The van der Waals surface area contributed by atoms with Gasteiger partial charge in [0.2, 0.25) is 5.91 Å². The van der Waals surface area contributed by atoms with Crippen LogP contribution in [0.5, 0.6) is 0 Å². The zero-order chi connectivity index (χ0) is 22.0. The number of anilines is 2. The molecule has 10 heteroatoms. The van der Waals surface area contributed by atoms with Gasteiger partial charge in [0.1, 0.15) is 17.5 Å². The highest BCUT2D eigenvalue weighted by Crippen LogP contribution is 2.31. The topological polar surface area (TPSA) is 96.6 Å². The van der Waals surface area contributed by atoms with E-state index >= 15 is 0 Å². The number of carbonyl (C=O) groups excluding carboxylic acids is 1. The van der Waals surface area contributed by atoms with Crippen LogP contribution >= 0.6 is 11.6 Å². The lowest BCUT2D eigenvalue weighted by atomic mass is 10.00. The van der Waals surface area contributed by atoms with E-state index in [0.717, 1.165) is 4.31 Å². The number of primary amides is 1. The number of benzene rings is 1. The van der Waals surface area contributed by atoms with Gasteiger partial charge in [-0.1, -0.05) is 11.6 Å². The molecule has 0 aliphatic carbocycles. The Morgan fingerprint density at radius 1 is 1.21 bits per heavy atom. The summed E-state index contributed by atoms with van der Waals surface area (Å²) < 4.78 is 42.1. The molecule has 2 rings (SSSR count). The maximum atomic E-state index is 14.4. The van der Waals surface area contributed by atoms with Gasteiger partial charge in [0, 0.05) is 25.5 Å². The van der Waals surface area contributed by atoms with Gasteiger partial charge in [-0.25, -0.2) is 17.8 Å². The van der Waals surface area contributed by atoms with Gasteiger partial charge in [-0.15, -0.1) is 0 Å². The van der Waals surface area contributed by atoms with Gasteiger partial charge in [-0.2, -0.15) is 0 Å². The van der Waals surface area contributed by atoms with Crippen LogP contribution in [0.1, 0.15) is 20.3 Å². The van der Waals surface area contributed by atoms with Gasteiger partial charge in [0.25, 0.3) is 10.0 Å². The van der Waals surface area contributed by atoms with Crippen LogP contribution in [0.2, 0.25) is 5.02 Å². The minimum Gasteiger partial charge on any atom is -0.368 e. The fraction of sp³-hybridized carbons (Fsp3) is 0.368. The summed E-state index contributed by atoms with van der Waals surface area (Å²) in [5, 5.41) is 0.351. The number of pyridine rings is 1. The summed E-state index contributed by atoms with van der Waals surface area (Å²) in [6, 6.07) is 7.09. The van der Waals surface area contributed by atoms with Gasteiger partial charge in [-0.05, 0) is 50.2 Å². The Balaban J connectivity index is 2.66. The van der Waals surface area contributed by atoms with Crippen molar-refractivity contribution < 1.29 is 17.6 Å². The highest BCUT2D eigenvalue weighted by Gasteiger charge is 2.39. The number of hydrogen-bond acceptors (Lipinski definition) is 5. The second kappa shape index (κ2) is 8.54. The third-order valence-corrected chi connectivity index (χ3v) is 6.21. The number of nitrogens with zero attached hydrogens (tertiary/aromatic N) is 3. The summed E-state index contributed by atoms with van der Waals surface area (Å²) in [4.78, 5) is 18.0. The van der Waals surface area contributed by atoms with E-state index in [0.29, 0.717) is 10.8 Å². The largest absolute Gasteiger partial charge is 0.368 e. The summed E-state index contributed by atoms with van der Waals surface area (Å²) in [6.45, 7) is 2.51. The summed E-state index contributed by atoms with van der Waals surface area (Å²) in [5.74, 6) is -0.385. The predicted molar refractivity (Wildman–Crippen MR) is 112 cm³/mol. The van der Waals surface area contributed by atoms with Gasteiger partial charge in [0.05, 0.1) is 16.8 Å². The van der Waals surface area contributed by atoms with Crippen LogP contribution in [0.15, 0.2) is 47.5 Å². The fourth-order valence-electron chi connectivity index (χ4n) is 2.74. The van der Waals surface area contributed by atoms with Crippen LogP contribution < -0.4 is 14.9 Å². The molecule has 0 saturated heterocycles. The van der Waals surface area contributed by atoms with Gasteiger partial charge >= 0.3 is 0 Å². The van der Waals surface area contributed by atoms with E-state index in [1.807, 2.05) is 0 Å². The number of amides is 1. The molecule has 0 saturated carbocycles. The van der Waals surface area contributed by atoms with Crippen molar-refractivity contribution in [2.45, 2.75) is 36.9 Å². The first-order valence-electron chi connectivity index (χ1n) is 8.74. The smallest absolute Gasteiger partial charge is 0.265 e. The van der Waals surface area contributed by atoms with E-state index in [1.165, 1.54) is 50.4 Å². The van der Waals surface area contributed by atoms with Crippen LogP contribution in [0.25, 0.3) is 0 Å². The van der Waals surface area contributed by atoms with E-state index in [2.05, 4.69) is 4.98 Å². The molecule has 1 aromatic heterocycles. The summed E-state index contributed by atoms with van der Waals surface area (Å²) in [7, 11) is -0.707. The maximum absolute atomic E-state index is 14.4. The summed E-state index contributed by atoms with van der Waals surface area (Å²) in [6.07, 6.45) is 0.883. The first-order chi connectivity index (χ1) is 13.3. The molecule has 7 nitrogen and oxygen atoms in total. The molecule has 0 aliphatic heterocycles. The number of rotatable bonds is 8. The Hall–Kier alpha value is -2.39. The van der Waals surface area contributed by atoms with Crippen LogP contribution in [-0.4, -0.2) is 45.1 Å². The summed E-state index contributed by atoms with van der Waals surface area (Å²) >= 11 is 5.86. The normalized spacial score (nSPS) is 13.0. The molecule has 0 fully saturated rings. The van der Waals surface area contributed by atoms with Gasteiger partial charge in [0.15, 0.2) is 0 Å². The Bertz CT molecular complexity index is 958. The Labute approximate surface area is 175 Å². The van der Waals surface area contributed by atoms with E-state index in [4.69, 9.17) is 17.3 Å². The van der Waals surface area contributed by atoms with E-state index in [-0.39, 0.29) is 10.6 Å². The average Bonchev–Trinajstić information content (AvgIpc) is 2.60. The van der Waals surface area contributed by atoms with Crippen LogP contribution in [0.4, 0.5) is 15.9 Å². The molecule has 0 spiro atoms. The van der Waals surface area contributed by atoms with Crippen LogP contribution in [-0.2, 0) is 14.8 Å². The van der Waals surface area contributed by atoms with Gasteiger partial charge in [-0.3, -0.25) is 9.10 Å². The number of aromatic nitrogens is 1. The van der Waals surface area contributed by atoms with Crippen molar-refractivity contribution in [1.29, 1.82) is 0 Å². The van der Waals surface area contributed by atoms with Crippen molar-refractivity contribution in [2.75, 3.05) is 23.3 Å². The molecule has 1 amide bonds. The molecular formula is C19H24ClFN4O3S. The van der Waals surface area contributed by atoms with E-state index < -0.39 is 34.1 Å². The second-order valence-electron chi connectivity index (χ2n) is 7.36. The number of carbonyl (C=O) groups is 1. The van der Waals surface area contributed by atoms with Crippen molar-refractivity contribution in [3.05, 3.63) is 47.6 Å². The molecule has 1 heterocycles. The third-order valence-electron chi connectivity index (χ3n) is 4.11. The molecule has 0 radical (unpaired) electrons. The lowest BCUT2D eigenvalue weighted by Gasteiger charge is -2.33. The quantitative estimate of drug-likeness (QED) is 0.677. The standard InChI is InChI=1S/C19H24ClFN4O3S/c1-19(2,21)11-16(18(22)26)25(14-7-10-17(23-12-14)24(3)4)29(27,28)15-8-5-13(20)6-9-15/h5-10,12,16H,11H2,1-4H3,(H2,22,26)/t16-/m1/s1. The zero-order valence-corrected chi connectivity index (χ0v) is 18.2. The fourth-order valence-corrected chi connectivity index (χ4v) is 4.47. The maximum Gasteiger partial charge on any atom is 0.265 e.